The van der Waals surface area contributed by atoms with Crippen molar-refractivity contribution in [3.8, 4) is 0 Å². The molecule has 0 saturated carbocycles. The highest BCUT2D eigenvalue weighted by atomic mass is 127. The molecule has 2 aliphatic rings. The van der Waals surface area contributed by atoms with Gasteiger partial charge in [0.15, 0.2) is 5.60 Å². The van der Waals surface area contributed by atoms with Gasteiger partial charge >= 0.3 is 0 Å². The zero-order valence-corrected chi connectivity index (χ0v) is 23.8. The maximum atomic E-state index is 15.5. The number of carbonyl (C=O) groups is 1. The third kappa shape index (κ3) is 5.16. The number of fused-ring (bicyclic) bond motifs is 2. The quantitative estimate of drug-likeness (QED) is 0.164. The molecule has 33 heavy (non-hydrogen) atoms. The number of ether oxygens (including phenoxy) is 1. The molecule has 1 amide bonds. The fraction of sp³-hybridized carbons (Fsp3) is 0.577. The number of carbonyl (C=O) groups excluding carboxylic acids is 1. The molecule has 1 saturated heterocycles. The topological polar surface area (TPSA) is 49.8 Å². The Kier molecular flexibility index (Phi) is 8.29. The maximum absolute atomic E-state index is 15.5. The Labute approximate surface area is 212 Å². The lowest BCUT2D eigenvalue weighted by molar-refractivity contribution is -0.146. The molecule has 4 nitrogen and oxygen atoms in total. The first-order valence-electron chi connectivity index (χ1n) is 11.8. The molecule has 1 aromatic carbocycles. The first kappa shape index (κ1) is 26.6. The van der Waals surface area contributed by atoms with Gasteiger partial charge in [-0.1, -0.05) is 30.2 Å². The molecule has 0 aliphatic carbocycles. The zero-order chi connectivity index (χ0) is 24.6. The number of anilines is 1. The van der Waals surface area contributed by atoms with Crippen LogP contribution in [0.1, 0.15) is 52.5 Å². The van der Waals surface area contributed by atoms with Gasteiger partial charge in [-0.2, -0.15) is 0 Å². The van der Waals surface area contributed by atoms with Crippen molar-refractivity contribution in [1.29, 1.82) is 0 Å². The van der Waals surface area contributed by atoms with E-state index in [1.807, 2.05) is 25.1 Å². The number of rotatable bonds is 8. The third-order valence-corrected chi connectivity index (χ3v) is 10.2. The molecule has 0 unspecified atom stereocenters. The molecular weight excluding hydrogens is 548 g/mol. The number of aliphatic hydroxyl groups is 1. The van der Waals surface area contributed by atoms with Gasteiger partial charge in [-0.15, -0.1) is 0 Å². The van der Waals surface area contributed by atoms with Gasteiger partial charge in [0.1, 0.15) is 0 Å². The third-order valence-electron chi connectivity index (χ3n) is 7.05. The van der Waals surface area contributed by atoms with Crippen molar-refractivity contribution in [2.75, 3.05) is 18.1 Å². The van der Waals surface area contributed by atoms with Gasteiger partial charge in [0.05, 0.1) is 11.8 Å². The molecule has 1 aromatic rings. The van der Waals surface area contributed by atoms with Crippen LogP contribution in [0.4, 0.5) is 9.80 Å². The zero-order valence-electron chi connectivity index (χ0n) is 20.6. The van der Waals surface area contributed by atoms with E-state index in [-0.39, 0.29) is 24.0 Å². The molecule has 182 valence electrons. The number of amides is 1. The molecular formula is C26H37FINO3Si. The Morgan fingerprint density at radius 1 is 1.30 bits per heavy atom. The van der Waals surface area contributed by atoms with E-state index in [4.69, 9.17) is 4.74 Å². The summed E-state index contributed by atoms with van der Waals surface area (Å²) < 4.78 is 23.1. The van der Waals surface area contributed by atoms with Crippen molar-refractivity contribution < 1.29 is 18.7 Å². The number of benzene rings is 1. The second-order valence-electron chi connectivity index (χ2n) is 10.2. The van der Waals surface area contributed by atoms with E-state index in [1.54, 1.807) is 18.0 Å². The predicted octanol–water partition coefficient (Wildman–Crippen LogP) is 6.49. The van der Waals surface area contributed by atoms with E-state index in [2.05, 4.69) is 55.5 Å². The summed E-state index contributed by atoms with van der Waals surface area (Å²) in [5.74, 6) is -0.415. The van der Waals surface area contributed by atoms with Crippen molar-refractivity contribution >= 4 is 42.6 Å². The highest BCUT2D eigenvalue weighted by molar-refractivity contribution is 14.1. The van der Waals surface area contributed by atoms with Crippen LogP contribution in [-0.4, -0.2) is 38.7 Å². The Morgan fingerprint density at radius 2 is 2.00 bits per heavy atom. The van der Waals surface area contributed by atoms with E-state index in [0.717, 1.165) is 27.7 Å². The molecule has 4 atom stereocenters. The van der Waals surface area contributed by atoms with Gasteiger partial charge in [-0.3, -0.25) is 4.79 Å². The summed E-state index contributed by atoms with van der Waals surface area (Å²) in [5.41, 5.74) is 2.68. The molecule has 7 heteroatoms. The largest absolute Gasteiger partial charge is 0.396 e. The molecule has 1 spiro atoms. The average molecular weight is 586 g/mol. The van der Waals surface area contributed by atoms with E-state index < -0.39 is 20.1 Å². The standard InChI is InChI=1S/C26H37FINO3Si/c1-17(2)8-7-9-18(3)12-14-29-22-11-10-20(28)16-21(22)26(25(29)31)19(4)24(33(5,6)27)23(32-26)13-15-30/h8,10-12,16,19,23-24,30H,7,9,13-15H2,1-6H3/b18-12+/t19-,23+,24-,26+/m0/s1. The monoisotopic (exact) mass is 585 g/mol. The molecule has 1 N–H and O–H groups in total. The Bertz CT molecular complexity index is 953. The van der Waals surface area contributed by atoms with Crippen LogP contribution < -0.4 is 4.90 Å². The maximum Gasteiger partial charge on any atom is 0.264 e. The number of allylic oxidation sites excluding steroid dienone is 3. The second kappa shape index (κ2) is 10.3. The number of hydrogen-bond acceptors (Lipinski definition) is 3. The predicted molar refractivity (Wildman–Crippen MR) is 144 cm³/mol. The summed E-state index contributed by atoms with van der Waals surface area (Å²) in [7, 11) is -3.15. The summed E-state index contributed by atoms with van der Waals surface area (Å²) in [6.45, 7) is 12.0. The molecule has 1 fully saturated rings. The van der Waals surface area contributed by atoms with Crippen LogP contribution in [0.25, 0.3) is 0 Å². The average Bonchev–Trinajstić information content (AvgIpc) is 3.13. The highest BCUT2D eigenvalue weighted by Gasteiger charge is 2.66. The number of nitrogens with zero attached hydrogens (tertiary/aromatic N) is 1. The summed E-state index contributed by atoms with van der Waals surface area (Å²) in [4.78, 5) is 15.8. The molecule has 0 radical (unpaired) electrons. The summed E-state index contributed by atoms with van der Waals surface area (Å²) in [6.07, 6.45) is 6.15. The van der Waals surface area contributed by atoms with Crippen LogP contribution >= 0.6 is 22.6 Å². The minimum absolute atomic E-state index is 0.0842. The first-order valence-corrected chi connectivity index (χ1v) is 15.9. The van der Waals surface area contributed by atoms with Crippen molar-refractivity contribution in [1.82, 2.24) is 0 Å². The molecule has 3 rings (SSSR count). The fourth-order valence-corrected chi connectivity index (χ4v) is 8.57. The second-order valence-corrected chi connectivity index (χ2v) is 15.3. The van der Waals surface area contributed by atoms with Crippen molar-refractivity contribution in [2.45, 2.75) is 77.3 Å². The Balaban J connectivity index is 1.99. The van der Waals surface area contributed by atoms with Gasteiger partial charge in [0, 0.05) is 33.7 Å². The van der Waals surface area contributed by atoms with Crippen LogP contribution in [0, 0.1) is 9.49 Å². The Morgan fingerprint density at radius 3 is 2.61 bits per heavy atom. The van der Waals surface area contributed by atoms with Gasteiger partial charge < -0.3 is 18.9 Å². The van der Waals surface area contributed by atoms with Crippen LogP contribution in [0.5, 0.6) is 0 Å². The number of aliphatic hydroxyl groups excluding tert-OH is 1. The van der Waals surface area contributed by atoms with Crippen LogP contribution in [0.15, 0.2) is 41.5 Å². The number of hydrogen-bond donors (Lipinski definition) is 1. The van der Waals surface area contributed by atoms with Gasteiger partial charge in [0.25, 0.3) is 5.91 Å². The normalized spacial score (nSPS) is 27.4. The van der Waals surface area contributed by atoms with Crippen LogP contribution in [-0.2, 0) is 15.1 Å². The van der Waals surface area contributed by atoms with E-state index >= 15 is 4.11 Å². The lowest BCUT2D eigenvalue weighted by atomic mass is 9.82. The molecule has 0 aromatic heterocycles. The van der Waals surface area contributed by atoms with E-state index in [9.17, 15) is 9.90 Å². The van der Waals surface area contributed by atoms with E-state index in [1.165, 1.54) is 11.1 Å². The summed E-state index contributed by atoms with van der Waals surface area (Å²) in [5, 5.41) is 9.64. The molecule has 0 bridgehead atoms. The van der Waals surface area contributed by atoms with Crippen molar-refractivity contribution in [3.63, 3.8) is 0 Å². The lowest BCUT2D eigenvalue weighted by Crippen LogP contribution is -2.45. The van der Waals surface area contributed by atoms with Gasteiger partial charge in [-0.05, 0) is 93.9 Å². The van der Waals surface area contributed by atoms with Crippen LogP contribution in [0.3, 0.4) is 0 Å². The minimum Gasteiger partial charge on any atom is -0.396 e. The molecule has 2 heterocycles. The SMILES string of the molecule is CC(C)=CCC/C(C)=C/CN1C(=O)[C@]2(O[C@H](CCO)[C@@H]([Si](C)(C)F)[C@@H]2C)c2cc(I)ccc21. The smallest absolute Gasteiger partial charge is 0.264 e. The summed E-state index contributed by atoms with van der Waals surface area (Å²) >= 11 is 2.25. The first-order chi connectivity index (χ1) is 15.4. The van der Waals surface area contributed by atoms with Gasteiger partial charge in [0.2, 0.25) is 8.41 Å². The highest BCUT2D eigenvalue weighted by Crippen LogP contribution is 2.60. The minimum atomic E-state index is -3.15. The lowest BCUT2D eigenvalue weighted by Gasteiger charge is -2.31. The fourth-order valence-electron chi connectivity index (χ4n) is 5.54. The van der Waals surface area contributed by atoms with Crippen molar-refractivity contribution in [3.05, 3.63) is 50.6 Å². The van der Waals surface area contributed by atoms with Crippen LogP contribution in [0.2, 0.25) is 18.6 Å². The summed E-state index contributed by atoms with van der Waals surface area (Å²) in [6, 6.07) is 6.00. The molecule has 2 aliphatic heterocycles. The number of halogens is 2. The van der Waals surface area contributed by atoms with E-state index in [0.29, 0.717) is 13.0 Å². The van der Waals surface area contributed by atoms with Crippen molar-refractivity contribution in [2.24, 2.45) is 5.92 Å². The Hall–Kier alpha value is -1.03. The van der Waals surface area contributed by atoms with Gasteiger partial charge in [-0.25, -0.2) is 0 Å².